The third-order valence-electron chi connectivity index (χ3n) is 5.00. The molecule has 0 aliphatic carbocycles. The Morgan fingerprint density at radius 2 is 1.46 bits per heavy atom. The molecule has 1 aliphatic rings. The quantitative estimate of drug-likeness (QED) is 0.809. The maximum atomic E-state index is 6.10. The highest BCUT2D eigenvalue weighted by atomic mass is 16.7. The minimum absolute atomic E-state index is 0.374. The zero-order valence-electron chi connectivity index (χ0n) is 15.9. The number of benzene rings is 2. The zero-order chi connectivity index (χ0) is 18.8. The second-order valence-corrected chi connectivity index (χ2v) is 7.50. The van der Waals surface area contributed by atoms with Crippen LogP contribution in [0.1, 0.15) is 33.3 Å². The normalized spacial score (nSPS) is 18.8. The van der Waals surface area contributed by atoms with Gasteiger partial charge in [0.1, 0.15) is 11.5 Å². The molecule has 0 unspecified atom stereocenters. The van der Waals surface area contributed by atoms with Gasteiger partial charge in [0, 0.05) is 6.54 Å². The lowest BCUT2D eigenvalue weighted by molar-refractivity contribution is 0.00578. The molecule has 0 spiro atoms. The molecule has 3 rings (SSSR count). The van der Waals surface area contributed by atoms with Gasteiger partial charge in [-0.2, -0.15) is 0 Å². The van der Waals surface area contributed by atoms with Crippen molar-refractivity contribution >= 4 is 13.2 Å². The Morgan fingerprint density at radius 1 is 0.923 bits per heavy atom. The molecule has 1 heterocycles. The summed E-state index contributed by atoms with van der Waals surface area (Å²) in [4.78, 5) is 0. The van der Waals surface area contributed by atoms with Crippen LogP contribution in [0.4, 0.5) is 0 Å². The van der Waals surface area contributed by atoms with Crippen molar-refractivity contribution in [3.05, 3.63) is 65.6 Å². The van der Waals surface area contributed by atoms with Gasteiger partial charge in [0.25, 0.3) is 0 Å². The van der Waals surface area contributed by atoms with Crippen LogP contribution in [0.5, 0.6) is 11.5 Å². The number of para-hydroxylation sites is 1. The second-order valence-electron chi connectivity index (χ2n) is 7.50. The average Bonchev–Trinajstić information content (AvgIpc) is 2.82. The lowest BCUT2D eigenvalue weighted by Gasteiger charge is -2.32. The lowest BCUT2D eigenvalue weighted by Crippen LogP contribution is -2.41. The molecular formula is C21H26BNO3. The largest absolute Gasteiger partial charge is 0.491 e. The lowest BCUT2D eigenvalue weighted by atomic mass is 9.77. The summed E-state index contributed by atoms with van der Waals surface area (Å²) in [5.41, 5.74) is 7.15. The molecule has 0 aromatic heterocycles. The third-order valence-corrected chi connectivity index (χ3v) is 5.00. The SMILES string of the molecule is CC1(C)OB(C(=Cc2ccc(Oc3ccccc3)cc2)CN)OC1(C)C. The molecule has 4 nitrogen and oxygen atoms in total. The molecule has 26 heavy (non-hydrogen) atoms. The van der Waals surface area contributed by atoms with Gasteiger partial charge in [-0.3, -0.25) is 0 Å². The van der Waals surface area contributed by atoms with Crippen LogP contribution in [-0.2, 0) is 9.31 Å². The minimum atomic E-state index is -0.426. The molecular weight excluding hydrogens is 325 g/mol. The highest BCUT2D eigenvalue weighted by Crippen LogP contribution is 2.38. The average molecular weight is 351 g/mol. The van der Waals surface area contributed by atoms with E-state index in [4.69, 9.17) is 19.8 Å². The maximum absolute atomic E-state index is 6.10. The fraction of sp³-hybridized carbons (Fsp3) is 0.333. The van der Waals surface area contributed by atoms with Gasteiger partial charge in [-0.25, -0.2) is 0 Å². The van der Waals surface area contributed by atoms with Crippen molar-refractivity contribution in [3.8, 4) is 11.5 Å². The van der Waals surface area contributed by atoms with E-state index in [0.717, 1.165) is 22.5 Å². The number of hydrogen-bond acceptors (Lipinski definition) is 4. The summed E-state index contributed by atoms with van der Waals surface area (Å²) in [6.45, 7) is 8.53. The van der Waals surface area contributed by atoms with E-state index in [2.05, 4.69) is 0 Å². The van der Waals surface area contributed by atoms with Crippen molar-refractivity contribution in [2.75, 3.05) is 6.54 Å². The monoisotopic (exact) mass is 351 g/mol. The highest BCUT2D eigenvalue weighted by molar-refractivity contribution is 6.55. The smallest absolute Gasteiger partial charge is 0.457 e. The first-order chi connectivity index (χ1) is 12.3. The molecule has 0 atom stereocenters. The van der Waals surface area contributed by atoms with Crippen molar-refractivity contribution < 1.29 is 14.0 Å². The third kappa shape index (κ3) is 4.01. The van der Waals surface area contributed by atoms with E-state index in [-0.39, 0.29) is 11.2 Å². The van der Waals surface area contributed by atoms with Gasteiger partial charge < -0.3 is 19.8 Å². The van der Waals surface area contributed by atoms with Crippen molar-refractivity contribution in [1.29, 1.82) is 0 Å². The number of hydrogen-bond donors (Lipinski definition) is 1. The van der Waals surface area contributed by atoms with E-state index >= 15 is 0 Å². The van der Waals surface area contributed by atoms with Crippen molar-refractivity contribution in [1.82, 2.24) is 0 Å². The van der Waals surface area contributed by atoms with Gasteiger partial charge in [-0.05, 0) is 63.0 Å². The van der Waals surface area contributed by atoms with Crippen molar-refractivity contribution in [2.24, 2.45) is 5.73 Å². The second kappa shape index (κ2) is 7.27. The fourth-order valence-electron chi connectivity index (χ4n) is 2.69. The molecule has 2 aromatic rings. The Labute approximate surface area is 156 Å². The van der Waals surface area contributed by atoms with Gasteiger partial charge in [-0.15, -0.1) is 0 Å². The van der Waals surface area contributed by atoms with Crippen LogP contribution in [0.15, 0.2) is 60.1 Å². The Bertz CT molecular complexity index is 754. The van der Waals surface area contributed by atoms with E-state index in [1.165, 1.54) is 0 Å². The number of nitrogens with two attached hydrogens (primary N) is 1. The molecule has 0 saturated carbocycles. The van der Waals surface area contributed by atoms with Gasteiger partial charge in [0.2, 0.25) is 0 Å². The van der Waals surface area contributed by atoms with E-state index in [1.54, 1.807) is 0 Å². The maximum Gasteiger partial charge on any atom is 0.491 e. The fourth-order valence-corrected chi connectivity index (χ4v) is 2.69. The molecule has 0 bridgehead atoms. The minimum Gasteiger partial charge on any atom is -0.457 e. The molecule has 0 amide bonds. The van der Waals surface area contributed by atoms with Crippen LogP contribution in [-0.4, -0.2) is 24.9 Å². The molecule has 136 valence electrons. The van der Waals surface area contributed by atoms with Crippen LogP contribution in [0.3, 0.4) is 0 Å². The first kappa shape index (κ1) is 18.7. The van der Waals surface area contributed by atoms with Gasteiger partial charge >= 0.3 is 7.12 Å². The molecule has 5 heteroatoms. The van der Waals surface area contributed by atoms with Crippen molar-refractivity contribution in [3.63, 3.8) is 0 Å². The van der Waals surface area contributed by atoms with E-state index in [1.807, 2.05) is 88.4 Å². The van der Waals surface area contributed by atoms with Crippen LogP contribution in [0.25, 0.3) is 6.08 Å². The van der Waals surface area contributed by atoms with Crippen LogP contribution >= 0.6 is 0 Å². The van der Waals surface area contributed by atoms with Gasteiger partial charge in [0.05, 0.1) is 11.2 Å². The number of ether oxygens (including phenoxy) is 1. The molecule has 2 N–H and O–H groups in total. The highest BCUT2D eigenvalue weighted by Gasteiger charge is 2.52. The van der Waals surface area contributed by atoms with Gasteiger partial charge in [0.15, 0.2) is 0 Å². The standard InChI is InChI=1S/C21H26BNO3/c1-20(2)21(3,4)26-22(25-20)17(15-23)14-16-10-12-19(13-11-16)24-18-8-6-5-7-9-18/h5-14H,15,23H2,1-4H3. The molecule has 0 radical (unpaired) electrons. The van der Waals surface area contributed by atoms with E-state index in [9.17, 15) is 0 Å². The molecule has 1 aliphatic heterocycles. The van der Waals surface area contributed by atoms with Crippen molar-refractivity contribution in [2.45, 2.75) is 38.9 Å². The topological polar surface area (TPSA) is 53.7 Å². The summed E-state index contributed by atoms with van der Waals surface area (Å²) in [6.07, 6.45) is 2.02. The predicted octanol–water partition coefficient (Wildman–Crippen LogP) is 4.45. The molecule has 2 aromatic carbocycles. The Kier molecular flexibility index (Phi) is 5.23. The Morgan fingerprint density at radius 3 is 2.00 bits per heavy atom. The summed E-state index contributed by atoms with van der Waals surface area (Å²) in [6, 6.07) is 17.6. The van der Waals surface area contributed by atoms with Gasteiger partial charge in [-0.1, -0.05) is 36.4 Å². The summed E-state index contributed by atoms with van der Waals surface area (Å²) in [5.74, 6) is 1.61. The number of rotatable bonds is 5. The Balaban J connectivity index is 1.74. The summed E-state index contributed by atoms with van der Waals surface area (Å²) < 4.78 is 18.0. The summed E-state index contributed by atoms with van der Waals surface area (Å²) >= 11 is 0. The molecule has 1 fully saturated rings. The summed E-state index contributed by atoms with van der Waals surface area (Å²) in [5, 5.41) is 0. The Hall–Kier alpha value is -2.08. The summed E-state index contributed by atoms with van der Waals surface area (Å²) in [7, 11) is -0.426. The van der Waals surface area contributed by atoms with E-state index in [0.29, 0.717) is 6.54 Å². The van der Waals surface area contributed by atoms with Crippen LogP contribution in [0, 0.1) is 0 Å². The van der Waals surface area contributed by atoms with E-state index < -0.39 is 7.12 Å². The first-order valence-electron chi connectivity index (χ1n) is 8.90. The molecule has 1 saturated heterocycles. The van der Waals surface area contributed by atoms with Crippen LogP contribution < -0.4 is 10.5 Å². The zero-order valence-corrected chi connectivity index (χ0v) is 15.9. The predicted molar refractivity (Wildman–Crippen MR) is 106 cm³/mol. The first-order valence-corrected chi connectivity index (χ1v) is 8.90. The van der Waals surface area contributed by atoms with Crippen LogP contribution in [0.2, 0.25) is 0 Å².